The van der Waals surface area contributed by atoms with Gasteiger partial charge in [0.15, 0.2) is 0 Å². The molecule has 0 aromatic heterocycles. The van der Waals surface area contributed by atoms with Gasteiger partial charge >= 0.3 is 5.97 Å². The molecule has 0 amide bonds. The Morgan fingerprint density at radius 2 is 1.67 bits per heavy atom. The molecule has 0 saturated carbocycles. The first-order valence-corrected chi connectivity index (χ1v) is 7.37. The summed E-state index contributed by atoms with van der Waals surface area (Å²) in [6.07, 6.45) is 0. The molecule has 0 heterocycles. The van der Waals surface area contributed by atoms with Crippen LogP contribution < -0.4 is 0 Å². The van der Waals surface area contributed by atoms with E-state index in [-0.39, 0.29) is 12.0 Å². The Hall–Kier alpha value is -1.39. The maximum absolute atomic E-state index is 11.0. The van der Waals surface area contributed by atoms with Crippen molar-refractivity contribution in [3.8, 4) is 0 Å². The molecule has 0 unspecified atom stereocenters. The first-order valence-electron chi connectivity index (χ1n) is 7.37. The molecule has 1 aromatic rings. The molecule has 0 aliphatic heterocycles. The van der Waals surface area contributed by atoms with Gasteiger partial charge in [0, 0.05) is 19.6 Å². The summed E-state index contributed by atoms with van der Waals surface area (Å²) in [7, 11) is 3.99. The average molecular weight is 292 g/mol. The first kappa shape index (κ1) is 17.7. The van der Waals surface area contributed by atoms with Gasteiger partial charge < -0.3 is 10.0 Å². The highest BCUT2D eigenvalue weighted by atomic mass is 16.4. The lowest BCUT2D eigenvalue weighted by atomic mass is 9.87. The Morgan fingerprint density at radius 3 is 2.10 bits per heavy atom. The van der Waals surface area contributed by atoms with E-state index in [0.29, 0.717) is 6.54 Å². The number of carboxylic acid groups (broad SMARTS) is 1. The van der Waals surface area contributed by atoms with Crippen LogP contribution in [0.3, 0.4) is 0 Å². The maximum Gasteiger partial charge on any atom is 0.317 e. The van der Waals surface area contributed by atoms with Gasteiger partial charge in [0.25, 0.3) is 0 Å². The fourth-order valence-corrected chi connectivity index (χ4v) is 2.12. The van der Waals surface area contributed by atoms with Crippen molar-refractivity contribution < 1.29 is 9.90 Å². The molecule has 21 heavy (non-hydrogen) atoms. The molecule has 4 heteroatoms. The molecule has 0 saturated heterocycles. The van der Waals surface area contributed by atoms with Crippen LogP contribution in [0.15, 0.2) is 24.3 Å². The lowest BCUT2D eigenvalue weighted by Gasteiger charge is -2.23. The highest BCUT2D eigenvalue weighted by Gasteiger charge is 2.14. The van der Waals surface area contributed by atoms with E-state index in [9.17, 15) is 4.79 Å². The molecule has 0 aliphatic carbocycles. The van der Waals surface area contributed by atoms with Crippen molar-refractivity contribution in [3.63, 3.8) is 0 Å². The summed E-state index contributed by atoms with van der Waals surface area (Å²) >= 11 is 0. The molecule has 0 fully saturated rings. The van der Waals surface area contributed by atoms with Gasteiger partial charge in [-0.15, -0.1) is 0 Å². The average Bonchev–Trinajstić information content (AvgIpc) is 2.35. The minimum atomic E-state index is -0.778. The number of carboxylic acids is 1. The number of rotatable bonds is 7. The normalized spacial score (nSPS) is 12.1. The van der Waals surface area contributed by atoms with Crippen molar-refractivity contribution in [2.24, 2.45) is 0 Å². The van der Waals surface area contributed by atoms with Crippen LogP contribution in [0.2, 0.25) is 0 Å². The zero-order valence-corrected chi connectivity index (χ0v) is 13.9. The maximum atomic E-state index is 11.0. The van der Waals surface area contributed by atoms with Crippen molar-refractivity contribution in [2.45, 2.75) is 32.7 Å². The monoisotopic (exact) mass is 292 g/mol. The Kier molecular flexibility index (Phi) is 6.37. The Morgan fingerprint density at radius 1 is 1.10 bits per heavy atom. The van der Waals surface area contributed by atoms with E-state index >= 15 is 0 Å². The number of hydrogen-bond donors (Lipinski definition) is 1. The Labute approximate surface area is 128 Å². The number of carbonyl (C=O) groups is 1. The van der Waals surface area contributed by atoms with Gasteiger partial charge in [-0.25, -0.2) is 0 Å². The quantitative estimate of drug-likeness (QED) is 0.838. The van der Waals surface area contributed by atoms with E-state index in [1.54, 1.807) is 0 Å². The van der Waals surface area contributed by atoms with E-state index in [1.165, 1.54) is 5.56 Å². The minimum absolute atomic E-state index is 0.0782. The summed E-state index contributed by atoms with van der Waals surface area (Å²) in [5.41, 5.74) is 2.59. The fourth-order valence-electron chi connectivity index (χ4n) is 2.12. The summed E-state index contributed by atoms with van der Waals surface area (Å²) in [4.78, 5) is 15.0. The molecule has 4 nitrogen and oxygen atoms in total. The summed E-state index contributed by atoms with van der Waals surface area (Å²) in [6, 6.07) is 8.48. The standard InChI is InChI=1S/C17H28N2O2/c1-17(2,3)15-8-6-14(7-9-15)12-19(13-16(20)21)11-10-18(4)5/h6-9H,10-13H2,1-5H3,(H,20,21). The van der Waals surface area contributed by atoms with Gasteiger partial charge in [0.05, 0.1) is 6.54 Å². The van der Waals surface area contributed by atoms with Crippen LogP contribution in [0.1, 0.15) is 31.9 Å². The molecule has 0 atom stereocenters. The van der Waals surface area contributed by atoms with Crippen LogP contribution in [0.4, 0.5) is 0 Å². The van der Waals surface area contributed by atoms with Gasteiger partial charge in [-0.1, -0.05) is 45.0 Å². The second-order valence-corrected chi connectivity index (χ2v) is 6.85. The number of hydrogen-bond acceptors (Lipinski definition) is 3. The van der Waals surface area contributed by atoms with E-state index < -0.39 is 5.97 Å². The van der Waals surface area contributed by atoms with Gasteiger partial charge in [0.2, 0.25) is 0 Å². The lowest BCUT2D eigenvalue weighted by Crippen LogP contribution is -2.35. The van der Waals surface area contributed by atoms with Gasteiger partial charge in [-0.3, -0.25) is 9.69 Å². The summed E-state index contributed by atoms with van der Waals surface area (Å²) in [6.45, 7) is 8.93. The van der Waals surface area contributed by atoms with Crippen LogP contribution in [-0.2, 0) is 16.8 Å². The van der Waals surface area contributed by atoms with E-state index in [0.717, 1.165) is 18.7 Å². The van der Waals surface area contributed by atoms with Crippen LogP contribution in [0.25, 0.3) is 0 Å². The summed E-state index contributed by atoms with van der Waals surface area (Å²) in [5.74, 6) is -0.778. The smallest absolute Gasteiger partial charge is 0.317 e. The number of likely N-dealkylation sites (N-methyl/N-ethyl adjacent to an activating group) is 1. The van der Waals surface area contributed by atoms with E-state index in [2.05, 4.69) is 49.9 Å². The number of aliphatic carboxylic acids is 1. The third-order valence-corrected chi connectivity index (χ3v) is 3.45. The topological polar surface area (TPSA) is 43.8 Å². The van der Waals surface area contributed by atoms with Crippen LogP contribution in [-0.4, -0.2) is 54.6 Å². The highest BCUT2D eigenvalue weighted by Crippen LogP contribution is 2.22. The fraction of sp³-hybridized carbons (Fsp3) is 0.588. The molecular formula is C17H28N2O2. The zero-order chi connectivity index (χ0) is 16.0. The molecule has 0 bridgehead atoms. The number of nitrogens with zero attached hydrogens (tertiary/aromatic N) is 2. The van der Waals surface area contributed by atoms with Crippen molar-refractivity contribution in [1.29, 1.82) is 0 Å². The zero-order valence-electron chi connectivity index (χ0n) is 13.9. The minimum Gasteiger partial charge on any atom is -0.480 e. The second kappa shape index (κ2) is 7.57. The van der Waals surface area contributed by atoms with Gasteiger partial charge in [0.1, 0.15) is 0 Å². The van der Waals surface area contributed by atoms with Crippen molar-refractivity contribution in [1.82, 2.24) is 9.80 Å². The molecule has 1 rings (SSSR count). The summed E-state index contributed by atoms with van der Waals surface area (Å²) in [5, 5.41) is 9.02. The SMILES string of the molecule is CN(C)CCN(CC(=O)O)Cc1ccc(C(C)(C)C)cc1. The highest BCUT2D eigenvalue weighted by molar-refractivity contribution is 5.69. The van der Waals surface area contributed by atoms with Gasteiger partial charge in [-0.05, 0) is 30.6 Å². The third kappa shape index (κ3) is 6.74. The van der Waals surface area contributed by atoms with Crippen molar-refractivity contribution >= 4 is 5.97 Å². The Bertz CT molecular complexity index is 447. The molecule has 118 valence electrons. The van der Waals surface area contributed by atoms with Crippen LogP contribution >= 0.6 is 0 Å². The Balaban J connectivity index is 2.71. The van der Waals surface area contributed by atoms with Gasteiger partial charge in [-0.2, -0.15) is 0 Å². The largest absolute Gasteiger partial charge is 0.480 e. The molecule has 0 aliphatic rings. The number of benzene rings is 1. The third-order valence-electron chi connectivity index (χ3n) is 3.45. The van der Waals surface area contributed by atoms with Crippen LogP contribution in [0.5, 0.6) is 0 Å². The predicted octanol–water partition coefficient (Wildman–Crippen LogP) is 2.43. The van der Waals surface area contributed by atoms with Crippen molar-refractivity contribution in [3.05, 3.63) is 35.4 Å². The molecule has 0 spiro atoms. The molecular weight excluding hydrogens is 264 g/mol. The molecule has 0 radical (unpaired) electrons. The molecule has 1 N–H and O–H groups in total. The predicted molar refractivity (Wildman–Crippen MR) is 86.6 cm³/mol. The first-order chi connectivity index (χ1) is 9.68. The van der Waals surface area contributed by atoms with E-state index in [4.69, 9.17) is 5.11 Å². The van der Waals surface area contributed by atoms with Crippen LogP contribution in [0, 0.1) is 0 Å². The second-order valence-electron chi connectivity index (χ2n) is 6.85. The lowest BCUT2D eigenvalue weighted by molar-refractivity contribution is -0.138. The van der Waals surface area contributed by atoms with Crippen molar-refractivity contribution in [2.75, 3.05) is 33.7 Å². The van der Waals surface area contributed by atoms with E-state index in [1.807, 2.05) is 19.0 Å². The molecule has 1 aromatic carbocycles. The summed E-state index contributed by atoms with van der Waals surface area (Å²) < 4.78 is 0.